The van der Waals surface area contributed by atoms with Crippen molar-refractivity contribution in [1.82, 2.24) is 0 Å². The lowest BCUT2D eigenvalue weighted by atomic mass is 9.92. The second-order valence-corrected chi connectivity index (χ2v) is 7.55. The van der Waals surface area contributed by atoms with Crippen LogP contribution in [0, 0.1) is 0 Å². The summed E-state index contributed by atoms with van der Waals surface area (Å²) in [6.45, 7) is 0. The third-order valence-corrected chi connectivity index (χ3v) is 5.21. The first-order valence-electron chi connectivity index (χ1n) is 7.44. The molecule has 4 heteroatoms. The molecule has 0 aromatic heterocycles. The number of phenolic OH excluding ortho intramolecular Hbond substituents is 1. The molecule has 118 valence electrons. The van der Waals surface area contributed by atoms with E-state index in [1.165, 1.54) is 0 Å². The maximum absolute atomic E-state index is 10.6. The Labute approximate surface area is 156 Å². The third kappa shape index (κ3) is 2.46. The van der Waals surface area contributed by atoms with Gasteiger partial charge >= 0.3 is 0 Å². The van der Waals surface area contributed by atoms with Crippen LogP contribution in [-0.2, 0) is 0 Å². The van der Waals surface area contributed by atoms with Crippen LogP contribution in [0.3, 0.4) is 0 Å². The lowest BCUT2D eigenvalue weighted by Crippen LogP contribution is -1.93. The Morgan fingerprint density at radius 3 is 1.83 bits per heavy atom. The van der Waals surface area contributed by atoms with Crippen LogP contribution in [0.5, 0.6) is 5.75 Å². The zero-order chi connectivity index (χ0) is 16.8. The van der Waals surface area contributed by atoms with Gasteiger partial charge in [0.1, 0.15) is 5.75 Å². The van der Waals surface area contributed by atoms with E-state index in [0.717, 1.165) is 41.6 Å². The number of benzene rings is 4. The normalized spacial score (nSPS) is 11.2. The zero-order valence-electron chi connectivity index (χ0n) is 12.6. The molecule has 0 bridgehead atoms. The molecule has 0 fully saturated rings. The van der Waals surface area contributed by atoms with Crippen LogP contribution in [0.2, 0.25) is 0 Å². The molecule has 0 aliphatic carbocycles. The summed E-state index contributed by atoms with van der Waals surface area (Å²) in [5.74, 6) is 0.229. The third-order valence-electron chi connectivity index (χ3n) is 4.22. The first-order chi connectivity index (χ1) is 11.5. The van der Waals surface area contributed by atoms with E-state index in [1.807, 2.05) is 48.5 Å². The first kappa shape index (κ1) is 15.5. The summed E-state index contributed by atoms with van der Waals surface area (Å²) in [6, 6.07) is 19.6. The molecule has 0 amide bonds. The highest BCUT2D eigenvalue weighted by atomic mass is 79.9. The van der Waals surface area contributed by atoms with Crippen molar-refractivity contribution in [3.8, 4) is 16.9 Å². The number of hydrogen-bond acceptors (Lipinski definition) is 2. The number of halogens is 2. The Kier molecular flexibility index (Phi) is 3.74. The van der Waals surface area contributed by atoms with Crippen LogP contribution >= 0.6 is 31.9 Å². The molecular weight excluding hydrogens is 430 g/mol. The van der Waals surface area contributed by atoms with Crippen LogP contribution in [0.1, 0.15) is 0 Å². The van der Waals surface area contributed by atoms with Gasteiger partial charge in [0.15, 0.2) is 0 Å². The van der Waals surface area contributed by atoms with Gasteiger partial charge in [0.05, 0.1) is 0 Å². The largest absolute Gasteiger partial charge is 0.507 e. The van der Waals surface area contributed by atoms with E-state index < -0.39 is 0 Å². The molecule has 0 spiro atoms. The van der Waals surface area contributed by atoms with Gasteiger partial charge in [0.2, 0.25) is 0 Å². The molecule has 0 atom stereocenters. The highest BCUT2D eigenvalue weighted by Gasteiger charge is 2.15. The maximum Gasteiger partial charge on any atom is 0.124 e. The molecule has 0 unspecified atom stereocenters. The van der Waals surface area contributed by atoms with Gasteiger partial charge in [-0.25, -0.2) is 0 Å². The van der Waals surface area contributed by atoms with E-state index >= 15 is 0 Å². The SMILES string of the molecule is Nc1ccc2cc(Br)ccc2c1-c1c(O)ccc2cc(Br)ccc12. The van der Waals surface area contributed by atoms with Crippen LogP contribution in [0.4, 0.5) is 5.69 Å². The van der Waals surface area contributed by atoms with E-state index in [4.69, 9.17) is 5.73 Å². The van der Waals surface area contributed by atoms with Gasteiger partial charge in [0, 0.05) is 25.8 Å². The van der Waals surface area contributed by atoms with Gasteiger partial charge in [-0.2, -0.15) is 0 Å². The molecule has 4 rings (SSSR count). The number of nitrogen functional groups attached to an aromatic ring is 1. The predicted molar refractivity (Wildman–Crippen MR) is 108 cm³/mol. The second kappa shape index (κ2) is 5.80. The molecule has 0 aliphatic rings. The Morgan fingerprint density at radius 1 is 0.667 bits per heavy atom. The Balaban J connectivity index is 2.17. The molecule has 0 aliphatic heterocycles. The van der Waals surface area contributed by atoms with Crippen molar-refractivity contribution >= 4 is 59.1 Å². The molecule has 4 aromatic carbocycles. The average molecular weight is 443 g/mol. The molecule has 0 saturated heterocycles. The van der Waals surface area contributed by atoms with Crippen molar-refractivity contribution in [1.29, 1.82) is 0 Å². The van der Waals surface area contributed by atoms with Crippen LogP contribution in [0.25, 0.3) is 32.7 Å². The Bertz CT molecular complexity index is 1020. The van der Waals surface area contributed by atoms with Crippen LogP contribution < -0.4 is 5.73 Å². The maximum atomic E-state index is 10.6. The van der Waals surface area contributed by atoms with Crippen molar-refractivity contribution in [3.05, 3.63) is 69.6 Å². The average Bonchev–Trinajstić information content (AvgIpc) is 2.56. The fourth-order valence-electron chi connectivity index (χ4n) is 3.15. The monoisotopic (exact) mass is 441 g/mol. The van der Waals surface area contributed by atoms with E-state index in [0.29, 0.717) is 5.69 Å². The summed E-state index contributed by atoms with van der Waals surface area (Å²) < 4.78 is 2.01. The highest BCUT2D eigenvalue weighted by Crippen LogP contribution is 2.43. The van der Waals surface area contributed by atoms with Gasteiger partial charge in [-0.15, -0.1) is 0 Å². The minimum absolute atomic E-state index is 0.229. The van der Waals surface area contributed by atoms with E-state index in [9.17, 15) is 5.11 Å². The summed E-state index contributed by atoms with van der Waals surface area (Å²) >= 11 is 7.01. The fraction of sp³-hybridized carbons (Fsp3) is 0. The van der Waals surface area contributed by atoms with Crippen molar-refractivity contribution < 1.29 is 5.11 Å². The van der Waals surface area contributed by atoms with Crippen LogP contribution in [-0.4, -0.2) is 5.11 Å². The summed E-state index contributed by atoms with van der Waals surface area (Å²) in [7, 11) is 0. The highest BCUT2D eigenvalue weighted by molar-refractivity contribution is 9.10. The lowest BCUT2D eigenvalue weighted by molar-refractivity contribution is 0.478. The van der Waals surface area contributed by atoms with Crippen molar-refractivity contribution in [3.63, 3.8) is 0 Å². The summed E-state index contributed by atoms with van der Waals surface area (Å²) in [6.07, 6.45) is 0. The number of fused-ring (bicyclic) bond motifs is 2. The molecule has 24 heavy (non-hydrogen) atoms. The minimum atomic E-state index is 0.229. The standard InChI is InChI=1S/C20H13Br2NO/c21-13-3-5-15-11(9-13)1-7-17(23)19(15)20-16-6-4-14(22)10-12(16)2-8-18(20)24/h1-10,24H,23H2. The smallest absolute Gasteiger partial charge is 0.124 e. The Hall–Kier alpha value is -2.04. The number of aromatic hydroxyl groups is 1. The first-order valence-corrected chi connectivity index (χ1v) is 9.02. The summed E-state index contributed by atoms with van der Waals surface area (Å²) in [5, 5.41) is 14.7. The topological polar surface area (TPSA) is 46.2 Å². The minimum Gasteiger partial charge on any atom is -0.507 e. The van der Waals surface area contributed by atoms with E-state index in [-0.39, 0.29) is 5.75 Å². The van der Waals surface area contributed by atoms with Gasteiger partial charge in [-0.3, -0.25) is 0 Å². The molecular formula is C20H13Br2NO. The van der Waals surface area contributed by atoms with Gasteiger partial charge in [0.25, 0.3) is 0 Å². The number of hydrogen-bond donors (Lipinski definition) is 2. The number of phenols is 1. The fourth-order valence-corrected chi connectivity index (χ4v) is 3.91. The lowest BCUT2D eigenvalue weighted by Gasteiger charge is -2.15. The van der Waals surface area contributed by atoms with Gasteiger partial charge < -0.3 is 10.8 Å². The summed E-state index contributed by atoms with van der Waals surface area (Å²) in [5.41, 5.74) is 8.60. The molecule has 2 nitrogen and oxygen atoms in total. The van der Waals surface area contributed by atoms with Crippen molar-refractivity contribution in [2.75, 3.05) is 5.73 Å². The number of rotatable bonds is 1. The predicted octanol–water partition coefficient (Wildman–Crippen LogP) is 6.47. The van der Waals surface area contributed by atoms with E-state index in [1.54, 1.807) is 6.07 Å². The zero-order valence-corrected chi connectivity index (χ0v) is 15.7. The Morgan fingerprint density at radius 2 is 1.21 bits per heavy atom. The number of anilines is 1. The molecule has 0 radical (unpaired) electrons. The molecule has 4 aromatic rings. The molecule has 0 heterocycles. The van der Waals surface area contributed by atoms with E-state index in [2.05, 4.69) is 37.9 Å². The number of nitrogens with two attached hydrogens (primary N) is 1. The van der Waals surface area contributed by atoms with Gasteiger partial charge in [-0.1, -0.05) is 56.1 Å². The quantitative estimate of drug-likeness (QED) is 0.331. The second-order valence-electron chi connectivity index (χ2n) is 5.72. The van der Waals surface area contributed by atoms with Crippen molar-refractivity contribution in [2.45, 2.75) is 0 Å². The van der Waals surface area contributed by atoms with Crippen molar-refractivity contribution in [2.24, 2.45) is 0 Å². The van der Waals surface area contributed by atoms with Gasteiger partial charge in [-0.05, 0) is 57.9 Å². The molecule has 0 saturated carbocycles. The summed E-state index contributed by atoms with van der Waals surface area (Å²) in [4.78, 5) is 0. The van der Waals surface area contributed by atoms with Crippen LogP contribution in [0.15, 0.2) is 69.6 Å². The molecule has 3 N–H and O–H groups in total.